The molecule has 2 aromatic rings. The molecule has 0 aromatic heterocycles. The lowest BCUT2D eigenvalue weighted by molar-refractivity contribution is 0.102. The second kappa shape index (κ2) is 9.01. The Kier molecular flexibility index (Phi) is 6.68. The summed E-state index contributed by atoms with van der Waals surface area (Å²) in [5.74, 6) is 1.40. The third-order valence-electron chi connectivity index (χ3n) is 4.89. The lowest BCUT2D eigenvalue weighted by atomic mass is 9.87. The Bertz CT molecular complexity index is 823. The van der Waals surface area contributed by atoms with Gasteiger partial charge in [-0.25, -0.2) is 0 Å². The van der Waals surface area contributed by atoms with E-state index in [0.717, 1.165) is 35.7 Å². The van der Waals surface area contributed by atoms with Gasteiger partial charge in [0.25, 0.3) is 5.91 Å². The number of methoxy groups -OCH3 is 1. The molecular formula is C23H29NO3S. The van der Waals surface area contributed by atoms with Gasteiger partial charge in [0, 0.05) is 17.3 Å². The Morgan fingerprint density at radius 2 is 2.04 bits per heavy atom. The number of benzene rings is 2. The van der Waals surface area contributed by atoms with Crippen LogP contribution >= 0.6 is 11.8 Å². The monoisotopic (exact) mass is 399 g/mol. The molecular weight excluding hydrogens is 370 g/mol. The molecule has 0 radical (unpaired) electrons. The number of thioether (sulfide) groups is 1. The van der Waals surface area contributed by atoms with Crippen molar-refractivity contribution in [2.45, 2.75) is 50.0 Å². The van der Waals surface area contributed by atoms with Crippen LogP contribution in [0.25, 0.3) is 0 Å². The molecule has 1 aliphatic rings. The Balaban J connectivity index is 1.79. The van der Waals surface area contributed by atoms with E-state index in [0.29, 0.717) is 17.0 Å². The highest BCUT2D eigenvalue weighted by Gasteiger charge is 2.20. The zero-order chi connectivity index (χ0) is 20.1. The van der Waals surface area contributed by atoms with E-state index < -0.39 is 0 Å². The standard InChI is InChI=1S/C23H29NO3S/c1-23(2,3)16-11-12-20(26-4)19(14-16)24-22(25)18-9-5-6-10-21(18)28-15-17-8-7-13-27-17/h5-6,9-12,14,17H,7-8,13,15H2,1-4H3,(H,24,25). The molecule has 28 heavy (non-hydrogen) atoms. The third-order valence-corrected chi connectivity index (χ3v) is 6.10. The van der Waals surface area contributed by atoms with Crippen molar-refractivity contribution in [1.82, 2.24) is 0 Å². The van der Waals surface area contributed by atoms with Crippen LogP contribution in [0.2, 0.25) is 0 Å². The SMILES string of the molecule is COc1ccc(C(C)(C)C)cc1NC(=O)c1ccccc1SCC1CCCO1. The first kappa shape index (κ1) is 20.7. The van der Waals surface area contributed by atoms with Crippen molar-refractivity contribution in [3.8, 4) is 5.75 Å². The van der Waals surface area contributed by atoms with E-state index in [1.54, 1.807) is 18.9 Å². The van der Waals surface area contributed by atoms with Crippen molar-refractivity contribution in [1.29, 1.82) is 0 Å². The number of anilines is 1. The molecule has 3 rings (SSSR count). The van der Waals surface area contributed by atoms with Crippen molar-refractivity contribution >= 4 is 23.4 Å². The van der Waals surface area contributed by atoms with Crippen molar-refractivity contribution in [2.24, 2.45) is 0 Å². The van der Waals surface area contributed by atoms with E-state index in [9.17, 15) is 4.79 Å². The summed E-state index contributed by atoms with van der Waals surface area (Å²) in [7, 11) is 1.62. The number of nitrogens with one attached hydrogen (secondary N) is 1. The van der Waals surface area contributed by atoms with Gasteiger partial charge in [-0.2, -0.15) is 0 Å². The maximum absolute atomic E-state index is 13.0. The maximum Gasteiger partial charge on any atom is 0.256 e. The largest absolute Gasteiger partial charge is 0.495 e. The zero-order valence-corrected chi connectivity index (χ0v) is 17.9. The number of hydrogen-bond donors (Lipinski definition) is 1. The second-order valence-electron chi connectivity index (χ2n) is 8.06. The fraction of sp³-hybridized carbons (Fsp3) is 0.435. The van der Waals surface area contributed by atoms with Crippen LogP contribution in [0.15, 0.2) is 47.4 Å². The topological polar surface area (TPSA) is 47.6 Å². The van der Waals surface area contributed by atoms with Crippen molar-refractivity contribution in [3.05, 3.63) is 53.6 Å². The fourth-order valence-electron chi connectivity index (χ4n) is 3.20. The zero-order valence-electron chi connectivity index (χ0n) is 17.1. The Morgan fingerprint density at radius 1 is 1.25 bits per heavy atom. The molecule has 1 unspecified atom stereocenters. The number of amides is 1. The van der Waals surface area contributed by atoms with Crippen molar-refractivity contribution in [3.63, 3.8) is 0 Å². The molecule has 1 amide bonds. The summed E-state index contributed by atoms with van der Waals surface area (Å²) in [6, 6.07) is 13.7. The normalized spacial score (nSPS) is 16.8. The highest BCUT2D eigenvalue weighted by molar-refractivity contribution is 7.99. The van der Waals surface area contributed by atoms with Crippen LogP contribution in [0.3, 0.4) is 0 Å². The van der Waals surface area contributed by atoms with Crippen molar-refractivity contribution in [2.75, 3.05) is 24.8 Å². The van der Waals surface area contributed by atoms with Gasteiger partial charge in [-0.05, 0) is 48.1 Å². The predicted molar refractivity (Wildman–Crippen MR) is 116 cm³/mol. The number of rotatable bonds is 6. The Labute approximate surface area is 172 Å². The van der Waals surface area contributed by atoms with Gasteiger partial charge in [0.1, 0.15) is 5.75 Å². The number of carbonyl (C=O) groups excluding carboxylic acids is 1. The Morgan fingerprint density at radius 3 is 2.71 bits per heavy atom. The summed E-state index contributed by atoms with van der Waals surface area (Å²) in [5, 5.41) is 3.05. The molecule has 4 nitrogen and oxygen atoms in total. The summed E-state index contributed by atoms with van der Waals surface area (Å²) in [6.45, 7) is 7.30. The lowest BCUT2D eigenvalue weighted by Gasteiger charge is -2.21. The van der Waals surface area contributed by atoms with Crippen LogP contribution in [-0.2, 0) is 10.2 Å². The summed E-state index contributed by atoms with van der Waals surface area (Å²) in [6.07, 6.45) is 2.50. The quantitative estimate of drug-likeness (QED) is 0.650. The molecule has 1 fully saturated rings. The Hall–Kier alpha value is -1.98. The molecule has 2 aromatic carbocycles. The van der Waals surface area contributed by atoms with Crippen LogP contribution in [0.5, 0.6) is 5.75 Å². The smallest absolute Gasteiger partial charge is 0.256 e. The second-order valence-corrected chi connectivity index (χ2v) is 9.12. The van der Waals surface area contributed by atoms with Gasteiger partial charge in [0.05, 0.1) is 24.5 Å². The maximum atomic E-state index is 13.0. The third kappa shape index (κ3) is 5.09. The molecule has 1 atom stereocenters. The van der Waals surface area contributed by atoms with E-state index in [2.05, 4.69) is 26.1 Å². The van der Waals surface area contributed by atoms with Crippen LogP contribution < -0.4 is 10.1 Å². The van der Waals surface area contributed by atoms with Gasteiger partial charge in [-0.1, -0.05) is 39.0 Å². The van der Waals surface area contributed by atoms with E-state index in [4.69, 9.17) is 9.47 Å². The first-order chi connectivity index (χ1) is 13.4. The van der Waals surface area contributed by atoms with E-state index in [1.165, 1.54) is 0 Å². The van der Waals surface area contributed by atoms with E-state index in [1.807, 2.05) is 42.5 Å². The minimum atomic E-state index is -0.125. The summed E-state index contributed by atoms with van der Waals surface area (Å²) in [4.78, 5) is 14.0. The van der Waals surface area contributed by atoms with Crippen LogP contribution in [-0.4, -0.2) is 31.5 Å². The highest BCUT2D eigenvalue weighted by Crippen LogP contribution is 2.33. The van der Waals surface area contributed by atoms with Crippen LogP contribution in [0.4, 0.5) is 5.69 Å². The number of ether oxygens (including phenoxy) is 2. The molecule has 5 heteroatoms. The minimum Gasteiger partial charge on any atom is -0.495 e. The molecule has 0 bridgehead atoms. The summed E-state index contributed by atoms with van der Waals surface area (Å²) in [5.41, 5.74) is 2.50. The fourth-order valence-corrected chi connectivity index (χ4v) is 4.32. The van der Waals surface area contributed by atoms with Gasteiger partial charge in [-0.3, -0.25) is 4.79 Å². The number of hydrogen-bond acceptors (Lipinski definition) is 4. The van der Waals surface area contributed by atoms with Crippen LogP contribution in [0.1, 0.15) is 49.5 Å². The highest BCUT2D eigenvalue weighted by atomic mass is 32.2. The van der Waals surface area contributed by atoms with Gasteiger partial charge in [-0.15, -0.1) is 11.8 Å². The first-order valence-corrected chi connectivity index (χ1v) is 10.7. The summed E-state index contributed by atoms with van der Waals surface area (Å²) < 4.78 is 11.2. The van der Waals surface area contributed by atoms with Gasteiger partial charge in [0.15, 0.2) is 0 Å². The minimum absolute atomic E-state index is 0.0131. The lowest BCUT2D eigenvalue weighted by Crippen LogP contribution is -2.16. The molecule has 1 aliphatic heterocycles. The first-order valence-electron chi connectivity index (χ1n) is 9.72. The van der Waals surface area contributed by atoms with Crippen molar-refractivity contribution < 1.29 is 14.3 Å². The molecule has 0 spiro atoms. The molecule has 1 N–H and O–H groups in total. The summed E-state index contributed by atoms with van der Waals surface area (Å²) >= 11 is 1.68. The molecule has 0 aliphatic carbocycles. The number of carbonyl (C=O) groups is 1. The van der Waals surface area contributed by atoms with Gasteiger partial charge < -0.3 is 14.8 Å². The molecule has 1 heterocycles. The molecule has 1 saturated heterocycles. The van der Waals surface area contributed by atoms with E-state index >= 15 is 0 Å². The molecule has 150 valence electrons. The average Bonchev–Trinajstić information content (AvgIpc) is 3.19. The van der Waals surface area contributed by atoms with Crippen LogP contribution in [0, 0.1) is 0 Å². The van der Waals surface area contributed by atoms with Gasteiger partial charge in [0.2, 0.25) is 0 Å². The average molecular weight is 400 g/mol. The van der Waals surface area contributed by atoms with Gasteiger partial charge >= 0.3 is 0 Å². The predicted octanol–water partition coefficient (Wildman–Crippen LogP) is 5.52. The molecule has 0 saturated carbocycles. The van der Waals surface area contributed by atoms with E-state index in [-0.39, 0.29) is 17.4 Å².